The zero-order valence-corrected chi connectivity index (χ0v) is 13.8. The number of nitrogens with zero attached hydrogens (tertiary/aromatic N) is 1. The van der Waals surface area contributed by atoms with E-state index in [1.165, 1.54) is 0 Å². The van der Waals surface area contributed by atoms with Crippen LogP contribution in [0.1, 0.15) is 33.5 Å². The van der Waals surface area contributed by atoms with Crippen LogP contribution in [0.15, 0.2) is 34.9 Å². The van der Waals surface area contributed by atoms with Crippen molar-refractivity contribution in [2.75, 3.05) is 5.32 Å². The first kappa shape index (κ1) is 16.4. The number of anilines is 1. The van der Waals surface area contributed by atoms with E-state index in [9.17, 15) is 4.79 Å². The predicted octanol–water partition coefficient (Wildman–Crippen LogP) is 4.03. The first-order valence-corrected chi connectivity index (χ1v) is 7.34. The van der Waals surface area contributed by atoms with Crippen LogP contribution in [0.25, 0.3) is 0 Å². The first-order chi connectivity index (χ1) is 10.3. The molecule has 0 aliphatic carbocycles. The van der Waals surface area contributed by atoms with Gasteiger partial charge < -0.3 is 14.6 Å². The molecule has 0 saturated heterocycles. The lowest BCUT2D eigenvalue weighted by Crippen LogP contribution is -2.30. The lowest BCUT2D eigenvalue weighted by atomic mass is 9.93. The van der Waals surface area contributed by atoms with Crippen molar-refractivity contribution in [3.8, 4) is 5.75 Å². The molecule has 22 heavy (non-hydrogen) atoms. The fourth-order valence-corrected chi connectivity index (χ4v) is 1.89. The van der Waals surface area contributed by atoms with Crippen molar-refractivity contribution in [2.24, 2.45) is 0 Å². The third-order valence-corrected chi connectivity index (χ3v) is 3.21. The number of halogens is 1. The number of amides is 1. The van der Waals surface area contributed by atoms with Gasteiger partial charge in [-0.15, -0.1) is 0 Å². The Hall–Kier alpha value is -2.01. The van der Waals surface area contributed by atoms with Crippen LogP contribution in [0.5, 0.6) is 5.75 Å². The Bertz CT molecular complexity index is 661. The van der Waals surface area contributed by atoms with E-state index in [0.717, 1.165) is 0 Å². The molecule has 1 atom stereocenters. The topological polar surface area (TPSA) is 64.4 Å². The summed E-state index contributed by atoms with van der Waals surface area (Å²) in [5, 5.41) is 7.06. The molecule has 1 amide bonds. The van der Waals surface area contributed by atoms with Gasteiger partial charge in [0, 0.05) is 16.5 Å². The molecule has 0 unspecified atom stereocenters. The molecule has 5 nitrogen and oxygen atoms in total. The number of hydrogen-bond acceptors (Lipinski definition) is 4. The van der Waals surface area contributed by atoms with Gasteiger partial charge in [-0.05, 0) is 25.1 Å². The maximum absolute atomic E-state index is 12.1. The second-order valence-electron chi connectivity index (χ2n) is 6.03. The molecule has 0 bridgehead atoms. The number of rotatable bonds is 4. The van der Waals surface area contributed by atoms with E-state index in [-0.39, 0.29) is 11.3 Å². The van der Waals surface area contributed by atoms with E-state index in [1.54, 1.807) is 37.3 Å². The van der Waals surface area contributed by atoms with E-state index >= 15 is 0 Å². The summed E-state index contributed by atoms with van der Waals surface area (Å²) >= 11 is 5.88. The van der Waals surface area contributed by atoms with E-state index in [0.29, 0.717) is 22.4 Å². The Balaban J connectivity index is 1.98. The molecule has 0 fully saturated rings. The van der Waals surface area contributed by atoms with Crippen LogP contribution in [0.4, 0.5) is 5.82 Å². The minimum Gasteiger partial charge on any atom is -0.481 e. The Morgan fingerprint density at radius 3 is 2.68 bits per heavy atom. The first-order valence-electron chi connectivity index (χ1n) is 6.96. The summed E-state index contributed by atoms with van der Waals surface area (Å²) in [5.41, 5.74) is -0.168. The fraction of sp³-hybridized carbons (Fsp3) is 0.375. The lowest BCUT2D eigenvalue weighted by molar-refractivity contribution is -0.122. The van der Waals surface area contributed by atoms with Gasteiger partial charge in [0.05, 0.1) is 0 Å². The molecule has 1 heterocycles. The van der Waals surface area contributed by atoms with Crippen molar-refractivity contribution >= 4 is 23.3 Å². The largest absolute Gasteiger partial charge is 0.481 e. The molecule has 118 valence electrons. The van der Waals surface area contributed by atoms with E-state index in [2.05, 4.69) is 10.5 Å². The molecule has 2 rings (SSSR count). The van der Waals surface area contributed by atoms with Gasteiger partial charge in [0.2, 0.25) is 0 Å². The van der Waals surface area contributed by atoms with Gasteiger partial charge in [0.1, 0.15) is 11.5 Å². The molecule has 0 radical (unpaired) electrons. The summed E-state index contributed by atoms with van der Waals surface area (Å²) in [4.78, 5) is 12.1. The number of benzene rings is 1. The highest BCUT2D eigenvalue weighted by Crippen LogP contribution is 2.24. The zero-order chi connectivity index (χ0) is 16.3. The molecule has 1 aromatic carbocycles. The minimum absolute atomic E-state index is 0.168. The average Bonchev–Trinajstić information content (AvgIpc) is 2.87. The maximum Gasteiger partial charge on any atom is 0.266 e. The number of hydrogen-bond donors (Lipinski definition) is 1. The van der Waals surface area contributed by atoms with Gasteiger partial charge in [0.15, 0.2) is 11.9 Å². The summed E-state index contributed by atoms with van der Waals surface area (Å²) in [6.07, 6.45) is -0.687. The molecule has 0 aliphatic heterocycles. The third kappa shape index (κ3) is 4.24. The number of aromatic nitrogens is 1. The Kier molecular flexibility index (Phi) is 4.76. The Morgan fingerprint density at radius 1 is 1.36 bits per heavy atom. The molecule has 0 saturated carbocycles. The summed E-state index contributed by atoms with van der Waals surface area (Å²) in [6, 6.07) is 8.60. The second kappa shape index (κ2) is 6.40. The molecular weight excluding hydrogens is 304 g/mol. The van der Waals surface area contributed by atoms with Gasteiger partial charge >= 0.3 is 0 Å². The van der Waals surface area contributed by atoms with Crippen molar-refractivity contribution in [1.29, 1.82) is 0 Å². The molecule has 1 aromatic heterocycles. The van der Waals surface area contributed by atoms with Crippen molar-refractivity contribution in [3.05, 3.63) is 41.1 Å². The van der Waals surface area contributed by atoms with Gasteiger partial charge in [-0.3, -0.25) is 4.79 Å². The highest BCUT2D eigenvalue weighted by atomic mass is 35.5. The molecule has 0 aliphatic rings. The maximum atomic E-state index is 12.1. The lowest BCUT2D eigenvalue weighted by Gasteiger charge is -2.14. The fourth-order valence-electron chi connectivity index (χ4n) is 1.71. The van der Waals surface area contributed by atoms with Crippen molar-refractivity contribution in [1.82, 2.24) is 5.16 Å². The Labute approximate surface area is 134 Å². The van der Waals surface area contributed by atoms with Crippen LogP contribution < -0.4 is 10.1 Å². The highest BCUT2D eigenvalue weighted by Gasteiger charge is 2.22. The average molecular weight is 323 g/mol. The Morgan fingerprint density at radius 2 is 2.09 bits per heavy atom. The number of carbonyl (C=O) groups is 1. The normalized spacial score (nSPS) is 12.8. The summed E-state index contributed by atoms with van der Waals surface area (Å²) < 4.78 is 10.8. The van der Waals surface area contributed by atoms with Crippen LogP contribution in [-0.2, 0) is 10.2 Å². The van der Waals surface area contributed by atoms with Crippen molar-refractivity contribution in [2.45, 2.75) is 39.2 Å². The van der Waals surface area contributed by atoms with Crippen LogP contribution in [-0.4, -0.2) is 17.2 Å². The number of carbonyl (C=O) groups excluding carboxylic acids is 1. The van der Waals surface area contributed by atoms with Crippen LogP contribution >= 0.6 is 11.6 Å². The van der Waals surface area contributed by atoms with E-state index < -0.39 is 6.10 Å². The monoisotopic (exact) mass is 322 g/mol. The minimum atomic E-state index is -0.687. The summed E-state index contributed by atoms with van der Waals surface area (Å²) in [7, 11) is 0. The van der Waals surface area contributed by atoms with Crippen LogP contribution in [0.3, 0.4) is 0 Å². The van der Waals surface area contributed by atoms with Crippen molar-refractivity contribution in [3.63, 3.8) is 0 Å². The van der Waals surface area contributed by atoms with Gasteiger partial charge in [-0.1, -0.05) is 43.6 Å². The summed E-state index contributed by atoms with van der Waals surface area (Å²) in [6.45, 7) is 7.67. The molecular formula is C16H19ClN2O3. The van der Waals surface area contributed by atoms with Crippen molar-refractivity contribution < 1.29 is 14.1 Å². The van der Waals surface area contributed by atoms with Gasteiger partial charge in [-0.25, -0.2) is 0 Å². The predicted molar refractivity (Wildman–Crippen MR) is 85.4 cm³/mol. The molecule has 2 aromatic rings. The zero-order valence-electron chi connectivity index (χ0n) is 13.0. The smallest absolute Gasteiger partial charge is 0.266 e. The summed E-state index contributed by atoms with van der Waals surface area (Å²) in [5.74, 6) is 1.29. The van der Waals surface area contributed by atoms with Gasteiger partial charge in [-0.2, -0.15) is 0 Å². The second-order valence-corrected chi connectivity index (χ2v) is 6.47. The third-order valence-electron chi connectivity index (χ3n) is 2.98. The standard InChI is InChI=1S/C16H19ClN2O3/c1-10(21-12-7-5-6-11(17)8-12)15(20)18-14-9-13(22-19-14)16(2,3)4/h5-10H,1-4H3,(H,18,19,20)/t10-/m1/s1. The van der Waals surface area contributed by atoms with Crippen LogP contribution in [0.2, 0.25) is 5.02 Å². The van der Waals surface area contributed by atoms with Crippen LogP contribution in [0, 0.1) is 0 Å². The van der Waals surface area contributed by atoms with E-state index in [4.69, 9.17) is 20.9 Å². The SMILES string of the molecule is C[C@@H](Oc1cccc(Cl)c1)C(=O)Nc1cc(C(C)(C)C)on1. The van der Waals surface area contributed by atoms with E-state index in [1.807, 2.05) is 20.8 Å². The molecule has 1 N–H and O–H groups in total. The molecule has 0 spiro atoms. The highest BCUT2D eigenvalue weighted by molar-refractivity contribution is 6.30. The number of nitrogens with one attached hydrogen (secondary N) is 1. The number of ether oxygens (including phenoxy) is 1. The van der Waals surface area contributed by atoms with Gasteiger partial charge in [0.25, 0.3) is 5.91 Å². The molecule has 6 heteroatoms. The quantitative estimate of drug-likeness (QED) is 0.923.